The molecular formula is C48H38N20. The van der Waals surface area contributed by atoms with E-state index in [9.17, 15) is 0 Å². The fourth-order valence-corrected chi connectivity index (χ4v) is 6.79. The second-order valence-electron chi connectivity index (χ2n) is 14.2. The Labute approximate surface area is 389 Å². The second-order valence-corrected chi connectivity index (χ2v) is 14.2. The van der Waals surface area contributed by atoms with Crippen LogP contribution in [0.3, 0.4) is 0 Å². The molecule has 0 radical (unpaired) electrons. The van der Waals surface area contributed by atoms with Crippen LogP contribution in [0.1, 0.15) is 0 Å². The van der Waals surface area contributed by atoms with Gasteiger partial charge in [-0.05, 0) is 97.1 Å². The number of nitrogens with one attached hydrogen (secondary N) is 2. The zero-order valence-corrected chi connectivity index (χ0v) is 35.9. The zero-order chi connectivity index (χ0) is 45.7. The summed E-state index contributed by atoms with van der Waals surface area (Å²) in [6, 6.07) is 44.6. The molecule has 0 aliphatic heterocycles. The largest absolute Gasteiger partial charge is 0.352 e. The van der Waals surface area contributed by atoms with Crippen molar-refractivity contribution < 1.29 is 0 Å². The van der Waals surface area contributed by atoms with E-state index in [2.05, 4.69) is 50.5 Å². The SMILES string of the molecule is c1ccc(N(c2ccccn2)c2nc(NCCNc3nc(N(c4ccccn4)c4ccccn4)nc(N(c4ccccn4)c4ccccn4)n3)nc(N(c3ccccn3)c3ccccn3)n2)nc1. The minimum Gasteiger partial charge on any atom is -0.352 e. The minimum atomic E-state index is 0.236. The Morgan fingerprint density at radius 1 is 0.250 bits per heavy atom. The lowest BCUT2D eigenvalue weighted by Gasteiger charge is -2.25. The predicted molar refractivity (Wildman–Crippen MR) is 258 cm³/mol. The molecule has 0 aliphatic carbocycles. The molecule has 330 valence electrons. The van der Waals surface area contributed by atoms with Crippen molar-refractivity contribution in [1.82, 2.24) is 69.8 Å². The highest BCUT2D eigenvalue weighted by molar-refractivity contribution is 5.74. The summed E-state index contributed by atoms with van der Waals surface area (Å²) in [7, 11) is 0. The topological polar surface area (TPSA) is 217 Å². The lowest BCUT2D eigenvalue weighted by molar-refractivity contribution is 0.919. The summed E-state index contributed by atoms with van der Waals surface area (Å²) in [5.74, 6) is 5.73. The van der Waals surface area contributed by atoms with Crippen molar-refractivity contribution in [3.8, 4) is 0 Å². The summed E-state index contributed by atoms with van der Waals surface area (Å²) >= 11 is 0. The molecule has 0 saturated heterocycles. The number of nitrogens with zero attached hydrogens (tertiary/aromatic N) is 18. The fraction of sp³-hybridized carbons (Fsp3) is 0.0417. The van der Waals surface area contributed by atoms with Gasteiger partial charge in [-0.2, -0.15) is 29.9 Å². The van der Waals surface area contributed by atoms with Crippen molar-refractivity contribution in [2.75, 3.05) is 43.3 Å². The monoisotopic (exact) mass is 894 g/mol. The van der Waals surface area contributed by atoms with Gasteiger partial charge in [0.2, 0.25) is 35.7 Å². The van der Waals surface area contributed by atoms with E-state index in [-0.39, 0.29) is 48.8 Å². The normalized spacial score (nSPS) is 10.8. The quantitative estimate of drug-likeness (QED) is 0.0817. The Kier molecular flexibility index (Phi) is 12.5. The Morgan fingerprint density at radius 3 is 0.603 bits per heavy atom. The number of anilines is 14. The standard InChI is InChI=1S/C48H38N20/c1-9-25-49-35(17-1)65(36-18-2-10-26-50-36)45-59-43(60-46(63-45)66(37-19-3-11-27-51-37)38-20-4-12-28-52-38)57-33-34-58-44-61-47(67(39-21-5-13-29-53-39)40-22-6-14-30-54-40)64-48(62-44)68(41-23-7-15-31-55-41)42-24-8-16-32-56-42/h1-32H,33-34H2,(H,57,59,60,63)(H,58,61,62,64). The molecular weight excluding hydrogens is 857 g/mol. The highest BCUT2D eigenvalue weighted by Crippen LogP contribution is 2.36. The van der Waals surface area contributed by atoms with Crippen molar-refractivity contribution in [1.29, 1.82) is 0 Å². The second kappa shape index (κ2) is 20.2. The van der Waals surface area contributed by atoms with Crippen LogP contribution in [0.4, 0.5) is 82.2 Å². The van der Waals surface area contributed by atoms with Crippen LogP contribution in [0.15, 0.2) is 195 Å². The van der Waals surface area contributed by atoms with Crippen LogP contribution in [-0.4, -0.2) is 82.9 Å². The number of hydrogen-bond donors (Lipinski definition) is 2. The first-order valence-electron chi connectivity index (χ1n) is 21.2. The zero-order valence-electron chi connectivity index (χ0n) is 35.9. The van der Waals surface area contributed by atoms with Crippen molar-refractivity contribution >= 4 is 82.2 Å². The molecule has 0 fully saturated rings. The van der Waals surface area contributed by atoms with Crippen LogP contribution in [0.25, 0.3) is 0 Å². The molecule has 10 aromatic rings. The summed E-state index contributed by atoms with van der Waals surface area (Å²) in [6.07, 6.45) is 13.6. The van der Waals surface area contributed by atoms with E-state index in [1.165, 1.54) is 0 Å². The van der Waals surface area contributed by atoms with Crippen LogP contribution in [0.5, 0.6) is 0 Å². The van der Waals surface area contributed by atoms with Gasteiger partial charge in [-0.1, -0.05) is 48.5 Å². The molecule has 0 bridgehead atoms. The van der Waals surface area contributed by atoms with Crippen molar-refractivity contribution in [2.45, 2.75) is 0 Å². The first-order chi connectivity index (χ1) is 33.7. The number of aromatic nitrogens is 14. The van der Waals surface area contributed by atoms with Gasteiger partial charge < -0.3 is 10.6 Å². The molecule has 0 amide bonds. The number of hydrogen-bond acceptors (Lipinski definition) is 20. The van der Waals surface area contributed by atoms with Gasteiger partial charge in [-0.3, -0.25) is 0 Å². The maximum absolute atomic E-state index is 5.03. The van der Waals surface area contributed by atoms with Gasteiger partial charge in [0.1, 0.15) is 46.5 Å². The third-order valence-electron chi connectivity index (χ3n) is 9.74. The van der Waals surface area contributed by atoms with Gasteiger partial charge >= 0.3 is 0 Å². The molecule has 0 saturated carbocycles. The van der Waals surface area contributed by atoms with Crippen LogP contribution < -0.4 is 30.2 Å². The van der Waals surface area contributed by atoms with E-state index >= 15 is 0 Å². The van der Waals surface area contributed by atoms with Crippen molar-refractivity contribution in [3.63, 3.8) is 0 Å². The fourth-order valence-electron chi connectivity index (χ4n) is 6.79. The van der Waals surface area contributed by atoms with E-state index < -0.39 is 0 Å². The molecule has 10 rings (SSSR count). The molecule has 0 atom stereocenters. The maximum atomic E-state index is 5.03. The predicted octanol–water partition coefficient (Wildman–Crippen LogP) is 8.62. The van der Waals surface area contributed by atoms with Crippen LogP contribution in [-0.2, 0) is 0 Å². The summed E-state index contributed by atoms with van der Waals surface area (Å²) in [5.41, 5.74) is 0. The highest BCUT2D eigenvalue weighted by atomic mass is 15.4. The van der Waals surface area contributed by atoms with Gasteiger partial charge in [0, 0.05) is 62.7 Å². The summed E-state index contributed by atoms with van der Waals surface area (Å²) in [5, 5.41) is 6.80. The van der Waals surface area contributed by atoms with Gasteiger partial charge in [0.15, 0.2) is 0 Å². The van der Waals surface area contributed by atoms with E-state index in [0.29, 0.717) is 46.5 Å². The van der Waals surface area contributed by atoms with Gasteiger partial charge in [0.05, 0.1) is 0 Å². The Balaban J connectivity index is 1.03. The molecule has 10 aromatic heterocycles. The molecule has 10 heterocycles. The highest BCUT2D eigenvalue weighted by Gasteiger charge is 2.27. The van der Waals surface area contributed by atoms with E-state index in [0.717, 1.165) is 0 Å². The molecule has 0 spiro atoms. The lowest BCUT2D eigenvalue weighted by Crippen LogP contribution is -2.24. The van der Waals surface area contributed by atoms with E-state index in [1.807, 2.05) is 146 Å². The Bertz CT molecular complexity index is 2560. The number of rotatable bonds is 17. The molecule has 68 heavy (non-hydrogen) atoms. The Hall–Kier alpha value is -9.98. The molecule has 0 aromatic carbocycles. The van der Waals surface area contributed by atoms with Crippen LogP contribution >= 0.6 is 0 Å². The first-order valence-corrected chi connectivity index (χ1v) is 21.2. The van der Waals surface area contributed by atoms with E-state index in [4.69, 9.17) is 29.9 Å². The average molecular weight is 895 g/mol. The first kappa shape index (κ1) is 42.0. The van der Waals surface area contributed by atoms with Crippen molar-refractivity contribution in [3.05, 3.63) is 195 Å². The minimum absolute atomic E-state index is 0.236. The maximum Gasteiger partial charge on any atom is 0.243 e. The van der Waals surface area contributed by atoms with Gasteiger partial charge in [0.25, 0.3) is 0 Å². The average Bonchev–Trinajstić information content (AvgIpc) is 3.40. The summed E-state index contributed by atoms with van der Waals surface area (Å²) in [6.45, 7) is 0.571. The van der Waals surface area contributed by atoms with Gasteiger partial charge in [-0.15, -0.1) is 0 Å². The smallest absolute Gasteiger partial charge is 0.243 e. The molecule has 2 N–H and O–H groups in total. The van der Waals surface area contributed by atoms with Crippen LogP contribution in [0.2, 0.25) is 0 Å². The third-order valence-corrected chi connectivity index (χ3v) is 9.74. The number of pyridine rings is 8. The molecule has 0 aliphatic rings. The lowest BCUT2D eigenvalue weighted by atomic mass is 10.3. The van der Waals surface area contributed by atoms with E-state index in [1.54, 1.807) is 69.2 Å². The summed E-state index contributed by atoms with van der Waals surface area (Å²) < 4.78 is 0. The van der Waals surface area contributed by atoms with Crippen molar-refractivity contribution in [2.24, 2.45) is 0 Å². The molecule has 0 unspecified atom stereocenters. The molecule has 20 heteroatoms. The third kappa shape index (κ3) is 9.58. The summed E-state index contributed by atoms with van der Waals surface area (Å²) in [4.78, 5) is 74.1. The molecule has 20 nitrogen and oxygen atoms in total. The Morgan fingerprint density at radius 2 is 0.441 bits per heavy atom. The van der Waals surface area contributed by atoms with Crippen LogP contribution in [0, 0.1) is 0 Å². The van der Waals surface area contributed by atoms with Gasteiger partial charge in [-0.25, -0.2) is 59.5 Å².